The zero-order valence-electron chi connectivity index (χ0n) is 6.59. The number of rotatable bonds is 3. The van der Waals surface area contributed by atoms with Gasteiger partial charge in [-0.1, -0.05) is 11.6 Å². The second-order valence-electron chi connectivity index (χ2n) is 2.42. The zero-order chi connectivity index (χ0) is 8.97. The standard InChI is InChI=1S/C7H9Cl2N3/c1-5(2-8)12-7-6(9)3-10-4-11-7/h3-5H,2H2,1H3,(H,10,11,12). The molecule has 66 valence electrons. The van der Waals surface area contributed by atoms with Crippen LogP contribution in [0.3, 0.4) is 0 Å². The lowest BCUT2D eigenvalue weighted by atomic mass is 10.4. The van der Waals surface area contributed by atoms with Gasteiger partial charge in [-0.3, -0.25) is 0 Å². The van der Waals surface area contributed by atoms with Gasteiger partial charge >= 0.3 is 0 Å². The molecule has 5 heteroatoms. The molecule has 1 aromatic heterocycles. The van der Waals surface area contributed by atoms with Crippen LogP contribution in [0.2, 0.25) is 5.02 Å². The van der Waals surface area contributed by atoms with Gasteiger partial charge in [0.2, 0.25) is 0 Å². The average molecular weight is 206 g/mol. The molecule has 0 aliphatic carbocycles. The number of hydrogen-bond acceptors (Lipinski definition) is 3. The van der Waals surface area contributed by atoms with Gasteiger partial charge in [-0.2, -0.15) is 0 Å². The molecule has 1 unspecified atom stereocenters. The molecule has 0 fully saturated rings. The van der Waals surface area contributed by atoms with Crippen LogP contribution < -0.4 is 5.32 Å². The smallest absolute Gasteiger partial charge is 0.148 e. The Hall–Kier alpha value is -0.540. The first-order valence-corrected chi connectivity index (χ1v) is 4.43. The second kappa shape index (κ2) is 4.48. The monoisotopic (exact) mass is 205 g/mol. The molecule has 0 radical (unpaired) electrons. The Bertz CT molecular complexity index is 254. The molecule has 1 atom stereocenters. The van der Waals surface area contributed by atoms with E-state index in [0.29, 0.717) is 16.7 Å². The number of nitrogens with zero attached hydrogens (tertiary/aromatic N) is 2. The molecule has 1 rings (SSSR count). The summed E-state index contributed by atoms with van der Waals surface area (Å²) in [6, 6.07) is 0.152. The maximum Gasteiger partial charge on any atom is 0.148 e. The number of aromatic nitrogens is 2. The Labute approximate surface area is 81.1 Å². The van der Waals surface area contributed by atoms with Gasteiger partial charge in [0.1, 0.15) is 17.2 Å². The Balaban J connectivity index is 2.69. The predicted molar refractivity (Wildman–Crippen MR) is 50.8 cm³/mol. The lowest BCUT2D eigenvalue weighted by Crippen LogP contribution is -2.17. The van der Waals surface area contributed by atoms with Crippen LogP contribution in [-0.4, -0.2) is 21.9 Å². The summed E-state index contributed by atoms with van der Waals surface area (Å²) in [4.78, 5) is 7.72. The summed E-state index contributed by atoms with van der Waals surface area (Å²) in [6.45, 7) is 1.95. The van der Waals surface area contributed by atoms with E-state index in [1.165, 1.54) is 12.5 Å². The van der Waals surface area contributed by atoms with E-state index in [0.717, 1.165) is 0 Å². The van der Waals surface area contributed by atoms with Gasteiger partial charge in [-0.15, -0.1) is 11.6 Å². The van der Waals surface area contributed by atoms with Crippen molar-refractivity contribution in [2.24, 2.45) is 0 Å². The SMILES string of the molecule is CC(CCl)Nc1ncncc1Cl. The van der Waals surface area contributed by atoms with E-state index in [2.05, 4.69) is 15.3 Å². The molecule has 3 nitrogen and oxygen atoms in total. The van der Waals surface area contributed by atoms with Crippen molar-refractivity contribution >= 4 is 29.0 Å². The molecule has 0 aliphatic heterocycles. The first kappa shape index (κ1) is 9.55. The highest BCUT2D eigenvalue weighted by atomic mass is 35.5. The van der Waals surface area contributed by atoms with Gasteiger partial charge in [0.05, 0.1) is 6.20 Å². The van der Waals surface area contributed by atoms with Crippen molar-refractivity contribution in [1.82, 2.24) is 9.97 Å². The predicted octanol–water partition coefficient (Wildman–Crippen LogP) is 2.17. The second-order valence-corrected chi connectivity index (χ2v) is 3.13. The molecule has 1 aromatic rings. The number of alkyl halides is 1. The lowest BCUT2D eigenvalue weighted by Gasteiger charge is -2.11. The molecule has 0 saturated carbocycles. The van der Waals surface area contributed by atoms with Gasteiger partial charge in [-0.25, -0.2) is 9.97 Å². The van der Waals surface area contributed by atoms with Crippen molar-refractivity contribution < 1.29 is 0 Å². The van der Waals surface area contributed by atoms with Crippen molar-refractivity contribution in [2.75, 3.05) is 11.2 Å². The van der Waals surface area contributed by atoms with Crippen LogP contribution in [0.1, 0.15) is 6.92 Å². The van der Waals surface area contributed by atoms with E-state index in [1.807, 2.05) is 6.92 Å². The molecule has 1 N–H and O–H groups in total. The molecule has 0 aliphatic rings. The Morgan fingerprint density at radius 2 is 2.42 bits per heavy atom. The van der Waals surface area contributed by atoms with Gasteiger partial charge in [0.15, 0.2) is 0 Å². The highest BCUT2D eigenvalue weighted by molar-refractivity contribution is 6.32. The minimum atomic E-state index is 0.152. The van der Waals surface area contributed by atoms with E-state index in [1.54, 1.807) is 0 Å². The van der Waals surface area contributed by atoms with Crippen molar-refractivity contribution in [3.8, 4) is 0 Å². The fourth-order valence-electron chi connectivity index (χ4n) is 0.691. The van der Waals surface area contributed by atoms with Crippen LogP contribution in [0.5, 0.6) is 0 Å². The summed E-state index contributed by atoms with van der Waals surface area (Å²) in [6.07, 6.45) is 2.98. The summed E-state index contributed by atoms with van der Waals surface area (Å²) in [5, 5.41) is 3.55. The Morgan fingerprint density at radius 1 is 1.67 bits per heavy atom. The molecular formula is C7H9Cl2N3. The van der Waals surface area contributed by atoms with Gasteiger partial charge in [0, 0.05) is 11.9 Å². The molecule has 0 saturated heterocycles. The van der Waals surface area contributed by atoms with Crippen LogP contribution >= 0.6 is 23.2 Å². The van der Waals surface area contributed by atoms with Crippen LogP contribution in [0, 0.1) is 0 Å². The third-order valence-electron chi connectivity index (χ3n) is 1.28. The maximum atomic E-state index is 5.79. The summed E-state index contributed by atoms with van der Waals surface area (Å²) in [7, 11) is 0. The van der Waals surface area contributed by atoms with Crippen molar-refractivity contribution in [1.29, 1.82) is 0 Å². The quantitative estimate of drug-likeness (QED) is 0.770. The Morgan fingerprint density at radius 3 is 3.00 bits per heavy atom. The largest absolute Gasteiger partial charge is 0.365 e. The van der Waals surface area contributed by atoms with Crippen LogP contribution in [0.4, 0.5) is 5.82 Å². The molecule has 0 spiro atoms. The van der Waals surface area contributed by atoms with Gasteiger partial charge < -0.3 is 5.32 Å². The fourth-order valence-corrected chi connectivity index (χ4v) is 0.928. The average Bonchev–Trinajstić information content (AvgIpc) is 2.09. The maximum absolute atomic E-state index is 5.79. The van der Waals surface area contributed by atoms with Gasteiger partial charge in [-0.05, 0) is 6.92 Å². The minimum Gasteiger partial charge on any atom is -0.365 e. The summed E-state index contributed by atoms with van der Waals surface area (Å²) in [5.41, 5.74) is 0. The summed E-state index contributed by atoms with van der Waals surface area (Å²) in [5.74, 6) is 1.14. The Kier molecular flexibility index (Phi) is 3.56. The van der Waals surface area contributed by atoms with Gasteiger partial charge in [0.25, 0.3) is 0 Å². The third-order valence-corrected chi connectivity index (χ3v) is 2.02. The molecule has 0 aromatic carbocycles. The number of halogens is 2. The first-order chi connectivity index (χ1) is 5.74. The molecule has 0 amide bonds. The van der Waals surface area contributed by atoms with Crippen molar-refractivity contribution in [3.05, 3.63) is 17.5 Å². The molecule has 1 heterocycles. The fraction of sp³-hybridized carbons (Fsp3) is 0.429. The first-order valence-electron chi connectivity index (χ1n) is 3.52. The van der Waals surface area contributed by atoms with E-state index in [4.69, 9.17) is 23.2 Å². The normalized spacial score (nSPS) is 12.6. The van der Waals surface area contributed by atoms with Crippen molar-refractivity contribution in [2.45, 2.75) is 13.0 Å². The van der Waals surface area contributed by atoms with Crippen LogP contribution in [0.15, 0.2) is 12.5 Å². The highest BCUT2D eigenvalue weighted by Crippen LogP contribution is 2.16. The van der Waals surface area contributed by atoms with Crippen molar-refractivity contribution in [3.63, 3.8) is 0 Å². The molecular weight excluding hydrogens is 197 g/mol. The topological polar surface area (TPSA) is 37.8 Å². The summed E-state index contributed by atoms with van der Waals surface area (Å²) < 4.78 is 0. The number of anilines is 1. The van der Waals surface area contributed by atoms with E-state index < -0.39 is 0 Å². The molecule has 12 heavy (non-hydrogen) atoms. The number of hydrogen-bond donors (Lipinski definition) is 1. The van der Waals surface area contributed by atoms with E-state index in [-0.39, 0.29) is 6.04 Å². The van der Waals surface area contributed by atoms with E-state index in [9.17, 15) is 0 Å². The summed E-state index contributed by atoms with van der Waals surface area (Å²) >= 11 is 11.4. The zero-order valence-corrected chi connectivity index (χ0v) is 8.10. The van der Waals surface area contributed by atoms with Crippen LogP contribution in [0.25, 0.3) is 0 Å². The van der Waals surface area contributed by atoms with Crippen LogP contribution in [-0.2, 0) is 0 Å². The third kappa shape index (κ3) is 2.50. The highest BCUT2D eigenvalue weighted by Gasteiger charge is 2.04. The lowest BCUT2D eigenvalue weighted by molar-refractivity contribution is 0.894. The number of nitrogens with one attached hydrogen (secondary N) is 1. The minimum absolute atomic E-state index is 0.152. The van der Waals surface area contributed by atoms with E-state index >= 15 is 0 Å². The molecule has 0 bridgehead atoms.